The SMILES string of the molecule is CCOCC(C(C)=O)C(=O)O. The van der Waals surface area contributed by atoms with Gasteiger partial charge in [0, 0.05) is 6.61 Å². The number of hydrogen-bond donors (Lipinski definition) is 1. The molecule has 0 aliphatic carbocycles. The molecule has 0 bridgehead atoms. The van der Waals surface area contributed by atoms with Gasteiger partial charge in [0.2, 0.25) is 0 Å². The summed E-state index contributed by atoms with van der Waals surface area (Å²) in [5, 5.41) is 8.47. The van der Waals surface area contributed by atoms with Gasteiger partial charge >= 0.3 is 5.97 Å². The second-order valence-corrected chi connectivity index (χ2v) is 2.16. The minimum Gasteiger partial charge on any atom is -0.481 e. The van der Waals surface area contributed by atoms with E-state index in [1.807, 2.05) is 0 Å². The Hall–Kier alpha value is -0.900. The molecule has 1 N–H and O–H groups in total. The van der Waals surface area contributed by atoms with Gasteiger partial charge in [0.05, 0.1) is 6.61 Å². The normalized spacial score (nSPS) is 12.5. The van der Waals surface area contributed by atoms with Crippen LogP contribution in [0, 0.1) is 5.92 Å². The van der Waals surface area contributed by atoms with Crippen molar-refractivity contribution in [1.82, 2.24) is 0 Å². The topological polar surface area (TPSA) is 63.6 Å². The van der Waals surface area contributed by atoms with E-state index in [1.165, 1.54) is 6.92 Å². The van der Waals surface area contributed by atoms with Crippen molar-refractivity contribution >= 4 is 11.8 Å². The van der Waals surface area contributed by atoms with E-state index in [2.05, 4.69) is 0 Å². The fraction of sp³-hybridized carbons (Fsp3) is 0.714. The fourth-order valence-corrected chi connectivity index (χ4v) is 0.598. The van der Waals surface area contributed by atoms with Crippen molar-refractivity contribution in [2.75, 3.05) is 13.2 Å². The first-order chi connectivity index (χ1) is 5.09. The van der Waals surface area contributed by atoms with Crippen LogP contribution in [0.15, 0.2) is 0 Å². The van der Waals surface area contributed by atoms with Crippen LogP contribution in [0.1, 0.15) is 13.8 Å². The van der Waals surface area contributed by atoms with E-state index < -0.39 is 11.9 Å². The number of aliphatic carboxylic acids is 1. The summed E-state index contributed by atoms with van der Waals surface area (Å²) in [4.78, 5) is 21.0. The van der Waals surface area contributed by atoms with Crippen LogP contribution in [-0.2, 0) is 14.3 Å². The molecule has 0 aromatic heterocycles. The van der Waals surface area contributed by atoms with E-state index in [0.29, 0.717) is 6.61 Å². The Labute approximate surface area is 65.2 Å². The summed E-state index contributed by atoms with van der Waals surface area (Å²) in [7, 11) is 0. The molecule has 0 aliphatic heterocycles. The van der Waals surface area contributed by atoms with E-state index in [-0.39, 0.29) is 12.4 Å². The van der Waals surface area contributed by atoms with Crippen LogP contribution < -0.4 is 0 Å². The van der Waals surface area contributed by atoms with Gasteiger partial charge in [-0.25, -0.2) is 0 Å². The number of rotatable bonds is 5. The largest absolute Gasteiger partial charge is 0.481 e. The molecule has 0 saturated heterocycles. The van der Waals surface area contributed by atoms with Crippen LogP contribution in [0.4, 0.5) is 0 Å². The zero-order valence-electron chi connectivity index (χ0n) is 6.66. The highest BCUT2D eigenvalue weighted by atomic mass is 16.5. The summed E-state index contributed by atoms with van der Waals surface area (Å²) in [6, 6.07) is 0. The summed E-state index contributed by atoms with van der Waals surface area (Å²) in [6.45, 7) is 3.40. The van der Waals surface area contributed by atoms with Gasteiger partial charge in [0.25, 0.3) is 0 Å². The second kappa shape index (κ2) is 4.85. The lowest BCUT2D eigenvalue weighted by Gasteiger charge is -2.07. The number of carbonyl (C=O) groups excluding carboxylic acids is 1. The van der Waals surface area contributed by atoms with E-state index in [9.17, 15) is 9.59 Å². The third-order valence-electron chi connectivity index (χ3n) is 1.28. The second-order valence-electron chi connectivity index (χ2n) is 2.16. The minimum absolute atomic E-state index is 0.0266. The third-order valence-corrected chi connectivity index (χ3v) is 1.28. The van der Waals surface area contributed by atoms with Crippen LogP contribution in [0.2, 0.25) is 0 Å². The van der Waals surface area contributed by atoms with Crippen molar-refractivity contribution < 1.29 is 19.4 Å². The van der Waals surface area contributed by atoms with Gasteiger partial charge < -0.3 is 9.84 Å². The lowest BCUT2D eigenvalue weighted by atomic mass is 10.1. The number of carboxylic acid groups (broad SMARTS) is 1. The molecule has 1 atom stereocenters. The summed E-state index contributed by atoms with van der Waals surface area (Å²) >= 11 is 0. The van der Waals surface area contributed by atoms with Crippen LogP contribution in [0.3, 0.4) is 0 Å². The Balaban J connectivity index is 3.90. The maximum atomic E-state index is 10.6. The predicted molar refractivity (Wildman–Crippen MR) is 38.3 cm³/mol. The first kappa shape index (κ1) is 10.1. The average molecular weight is 160 g/mol. The molecular formula is C7H12O4. The van der Waals surface area contributed by atoms with Crippen LogP contribution in [0.25, 0.3) is 0 Å². The Morgan fingerprint density at radius 2 is 2.09 bits per heavy atom. The van der Waals surface area contributed by atoms with Crippen molar-refractivity contribution in [1.29, 1.82) is 0 Å². The van der Waals surface area contributed by atoms with Gasteiger partial charge in [-0.15, -0.1) is 0 Å². The van der Waals surface area contributed by atoms with Gasteiger partial charge in [-0.3, -0.25) is 9.59 Å². The maximum absolute atomic E-state index is 10.6. The molecule has 0 aromatic carbocycles. The van der Waals surface area contributed by atoms with Gasteiger partial charge in [0.15, 0.2) is 0 Å². The smallest absolute Gasteiger partial charge is 0.316 e. The Kier molecular flexibility index (Phi) is 4.45. The van der Waals surface area contributed by atoms with E-state index in [4.69, 9.17) is 9.84 Å². The molecule has 0 radical (unpaired) electrons. The first-order valence-corrected chi connectivity index (χ1v) is 3.40. The van der Waals surface area contributed by atoms with Crippen LogP contribution >= 0.6 is 0 Å². The molecule has 0 rings (SSSR count). The molecule has 1 unspecified atom stereocenters. The maximum Gasteiger partial charge on any atom is 0.316 e. The average Bonchev–Trinajstić information content (AvgIpc) is 1.87. The highest BCUT2D eigenvalue weighted by molar-refractivity contribution is 5.96. The molecule has 0 amide bonds. The van der Waals surface area contributed by atoms with Gasteiger partial charge in [-0.1, -0.05) is 0 Å². The van der Waals surface area contributed by atoms with Gasteiger partial charge in [0.1, 0.15) is 11.7 Å². The molecule has 4 heteroatoms. The molecule has 0 aliphatic rings. The molecule has 0 aromatic rings. The predicted octanol–water partition coefficient (Wildman–Crippen LogP) is 0.313. The molecule has 64 valence electrons. The Bertz CT molecular complexity index is 139. The number of Topliss-reactive ketones (excluding diaryl/α,β-unsaturated/α-hetero) is 1. The monoisotopic (exact) mass is 160 g/mol. The number of hydrogen-bond acceptors (Lipinski definition) is 3. The Morgan fingerprint density at radius 1 is 1.55 bits per heavy atom. The van der Waals surface area contributed by atoms with Crippen molar-refractivity contribution in [2.45, 2.75) is 13.8 Å². The third kappa shape index (κ3) is 3.72. The zero-order valence-corrected chi connectivity index (χ0v) is 6.66. The standard InChI is InChI=1S/C7H12O4/c1-3-11-4-6(5(2)8)7(9)10/h6H,3-4H2,1-2H3,(H,9,10). The molecule has 0 fully saturated rings. The highest BCUT2D eigenvalue weighted by Crippen LogP contribution is 1.99. The van der Waals surface area contributed by atoms with Crippen LogP contribution in [-0.4, -0.2) is 30.1 Å². The number of ether oxygens (including phenoxy) is 1. The highest BCUT2D eigenvalue weighted by Gasteiger charge is 2.21. The fourth-order valence-electron chi connectivity index (χ4n) is 0.598. The lowest BCUT2D eigenvalue weighted by molar-refractivity contribution is -0.148. The number of carboxylic acids is 1. The van der Waals surface area contributed by atoms with E-state index >= 15 is 0 Å². The van der Waals surface area contributed by atoms with Crippen molar-refractivity contribution in [3.05, 3.63) is 0 Å². The molecule has 0 saturated carbocycles. The molecule has 0 spiro atoms. The molecule has 0 heterocycles. The van der Waals surface area contributed by atoms with Gasteiger partial charge in [-0.05, 0) is 13.8 Å². The summed E-state index contributed by atoms with van der Waals surface area (Å²) in [5.74, 6) is -2.49. The summed E-state index contributed by atoms with van der Waals surface area (Å²) in [5.41, 5.74) is 0. The first-order valence-electron chi connectivity index (χ1n) is 3.40. The van der Waals surface area contributed by atoms with E-state index in [1.54, 1.807) is 6.92 Å². The molecule has 4 nitrogen and oxygen atoms in total. The van der Waals surface area contributed by atoms with Gasteiger partial charge in [-0.2, -0.15) is 0 Å². The molecule has 11 heavy (non-hydrogen) atoms. The summed E-state index contributed by atoms with van der Waals surface area (Å²) < 4.78 is 4.82. The van der Waals surface area contributed by atoms with Crippen LogP contribution in [0.5, 0.6) is 0 Å². The lowest BCUT2D eigenvalue weighted by Crippen LogP contribution is -2.26. The number of ketones is 1. The van der Waals surface area contributed by atoms with Crippen molar-refractivity contribution in [2.24, 2.45) is 5.92 Å². The van der Waals surface area contributed by atoms with Crippen molar-refractivity contribution in [3.8, 4) is 0 Å². The van der Waals surface area contributed by atoms with Crippen molar-refractivity contribution in [3.63, 3.8) is 0 Å². The summed E-state index contributed by atoms with van der Waals surface area (Å²) in [6.07, 6.45) is 0. The molecular weight excluding hydrogens is 148 g/mol. The minimum atomic E-state index is -1.12. The Morgan fingerprint density at radius 3 is 2.36 bits per heavy atom. The van der Waals surface area contributed by atoms with E-state index in [0.717, 1.165) is 0 Å². The zero-order chi connectivity index (χ0) is 8.85. The quantitative estimate of drug-likeness (QED) is 0.588. The number of carbonyl (C=O) groups is 2.